The molecule has 0 saturated heterocycles. The predicted octanol–water partition coefficient (Wildman–Crippen LogP) is 4.07. The fourth-order valence-corrected chi connectivity index (χ4v) is 3.06. The van der Waals surface area contributed by atoms with Gasteiger partial charge in [0, 0.05) is 23.6 Å². The molecule has 32 heavy (non-hydrogen) atoms. The monoisotopic (exact) mass is 424 g/mol. The first-order valence-electron chi connectivity index (χ1n) is 9.88. The van der Waals surface area contributed by atoms with Crippen LogP contribution in [-0.2, 0) is 6.61 Å². The second-order valence-electron chi connectivity index (χ2n) is 7.01. The van der Waals surface area contributed by atoms with E-state index in [1.54, 1.807) is 18.3 Å². The number of nitrogens with one attached hydrogen (secondary N) is 1. The van der Waals surface area contributed by atoms with Crippen molar-refractivity contribution < 1.29 is 14.3 Å². The maximum atomic E-state index is 12.6. The molecule has 2 aromatic heterocycles. The molecule has 2 amide bonds. The summed E-state index contributed by atoms with van der Waals surface area (Å²) in [4.78, 5) is 32.1. The molecule has 0 spiro atoms. The Morgan fingerprint density at radius 3 is 2.47 bits per heavy atom. The number of nitrogens with two attached hydrogens (primary N) is 1. The zero-order valence-electron chi connectivity index (χ0n) is 17.1. The van der Waals surface area contributed by atoms with Crippen LogP contribution in [0.25, 0.3) is 11.1 Å². The third kappa shape index (κ3) is 5.14. The fraction of sp³-hybridized carbons (Fsp3) is 0.0400. The van der Waals surface area contributed by atoms with E-state index in [4.69, 9.17) is 10.5 Å². The van der Waals surface area contributed by atoms with Crippen LogP contribution in [0.1, 0.15) is 26.4 Å². The van der Waals surface area contributed by atoms with Gasteiger partial charge in [-0.3, -0.25) is 19.6 Å². The number of hydrogen-bond acceptors (Lipinski definition) is 5. The molecule has 0 aliphatic rings. The first-order valence-corrected chi connectivity index (χ1v) is 9.88. The maximum absolute atomic E-state index is 12.6. The number of benzene rings is 2. The van der Waals surface area contributed by atoms with Crippen LogP contribution in [-0.4, -0.2) is 21.8 Å². The maximum Gasteiger partial charge on any atom is 0.274 e. The minimum atomic E-state index is -0.571. The number of aromatic nitrogens is 2. The Kier molecular flexibility index (Phi) is 6.17. The lowest BCUT2D eigenvalue weighted by atomic mass is 10.1. The van der Waals surface area contributed by atoms with Gasteiger partial charge in [-0.1, -0.05) is 48.5 Å². The molecule has 7 nitrogen and oxygen atoms in total. The highest BCUT2D eigenvalue weighted by Crippen LogP contribution is 2.19. The summed E-state index contributed by atoms with van der Waals surface area (Å²) >= 11 is 0. The SMILES string of the molecule is NC(=O)c1cncc(OCc2cccc(NC(=O)c3ccc(-c4ccccc4)cn3)c2)c1. The first-order chi connectivity index (χ1) is 15.6. The standard InChI is InChI=1S/C25H20N4O3/c26-24(30)20-12-22(15-27-13-20)32-16-17-5-4-8-21(11-17)29-25(31)23-10-9-19(14-28-23)18-6-2-1-3-7-18/h1-15H,16H2,(H2,26,30)(H,29,31). The van der Waals surface area contributed by atoms with E-state index in [2.05, 4.69) is 15.3 Å². The van der Waals surface area contributed by atoms with Crippen LogP contribution >= 0.6 is 0 Å². The van der Waals surface area contributed by atoms with Crippen LogP contribution < -0.4 is 15.8 Å². The molecule has 7 heteroatoms. The van der Waals surface area contributed by atoms with Gasteiger partial charge in [0.25, 0.3) is 5.91 Å². The van der Waals surface area contributed by atoms with Crippen molar-refractivity contribution in [2.24, 2.45) is 5.73 Å². The van der Waals surface area contributed by atoms with Crippen LogP contribution in [0.2, 0.25) is 0 Å². The molecule has 0 saturated carbocycles. The molecule has 3 N–H and O–H groups in total. The molecule has 4 rings (SSSR count). The highest BCUT2D eigenvalue weighted by atomic mass is 16.5. The third-order valence-corrected chi connectivity index (χ3v) is 4.69. The zero-order valence-corrected chi connectivity index (χ0v) is 17.1. The van der Waals surface area contributed by atoms with E-state index in [1.807, 2.05) is 54.6 Å². The lowest BCUT2D eigenvalue weighted by Crippen LogP contribution is -2.13. The molecule has 0 atom stereocenters. The second kappa shape index (κ2) is 9.53. The van der Waals surface area contributed by atoms with Gasteiger partial charge in [-0.05, 0) is 35.4 Å². The van der Waals surface area contributed by atoms with Crippen LogP contribution in [0.5, 0.6) is 5.75 Å². The van der Waals surface area contributed by atoms with Gasteiger partial charge in [-0.25, -0.2) is 0 Å². The van der Waals surface area contributed by atoms with Gasteiger partial charge in [0.15, 0.2) is 0 Å². The molecule has 0 unspecified atom stereocenters. The Labute approximate surface area is 184 Å². The van der Waals surface area contributed by atoms with Crippen molar-refractivity contribution in [2.75, 3.05) is 5.32 Å². The van der Waals surface area contributed by atoms with E-state index in [-0.39, 0.29) is 18.1 Å². The van der Waals surface area contributed by atoms with Gasteiger partial charge < -0.3 is 15.8 Å². The summed E-state index contributed by atoms with van der Waals surface area (Å²) in [6.07, 6.45) is 4.57. The van der Waals surface area contributed by atoms with Crippen molar-refractivity contribution in [1.29, 1.82) is 0 Å². The topological polar surface area (TPSA) is 107 Å². The Balaban J connectivity index is 1.39. The van der Waals surface area contributed by atoms with Crippen molar-refractivity contribution in [3.05, 3.63) is 108 Å². The minimum absolute atomic E-state index is 0.234. The summed E-state index contributed by atoms with van der Waals surface area (Å²) < 4.78 is 5.69. The van der Waals surface area contributed by atoms with Crippen LogP contribution in [0.4, 0.5) is 5.69 Å². The third-order valence-electron chi connectivity index (χ3n) is 4.69. The van der Waals surface area contributed by atoms with Crippen molar-refractivity contribution in [3.63, 3.8) is 0 Å². The summed E-state index contributed by atoms with van der Waals surface area (Å²) in [7, 11) is 0. The molecule has 2 aromatic carbocycles. The van der Waals surface area contributed by atoms with Gasteiger partial charge >= 0.3 is 0 Å². The van der Waals surface area contributed by atoms with Crippen LogP contribution in [0, 0.1) is 0 Å². The Morgan fingerprint density at radius 2 is 1.72 bits per heavy atom. The number of carbonyl (C=O) groups excluding carboxylic acids is 2. The molecule has 0 fully saturated rings. The summed E-state index contributed by atoms with van der Waals surface area (Å²) in [5.74, 6) is -0.447. The van der Waals surface area contributed by atoms with Crippen molar-refractivity contribution in [1.82, 2.24) is 9.97 Å². The van der Waals surface area contributed by atoms with Gasteiger partial charge in [0.1, 0.15) is 18.1 Å². The molecule has 0 radical (unpaired) electrons. The molecule has 0 bridgehead atoms. The van der Waals surface area contributed by atoms with E-state index in [0.29, 0.717) is 17.1 Å². The van der Waals surface area contributed by atoms with Crippen molar-refractivity contribution in [3.8, 4) is 16.9 Å². The summed E-state index contributed by atoms with van der Waals surface area (Å²) in [6, 6.07) is 22.2. The van der Waals surface area contributed by atoms with Gasteiger partial charge in [-0.2, -0.15) is 0 Å². The number of primary amides is 1. The summed E-state index contributed by atoms with van der Waals surface area (Å²) in [6.45, 7) is 0.234. The minimum Gasteiger partial charge on any atom is -0.487 e. The first kappa shape index (κ1) is 20.7. The summed E-state index contributed by atoms with van der Waals surface area (Å²) in [5, 5.41) is 2.85. The number of rotatable bonds is 7. The number of nitrogens with zero attached hydrogens (tertiary/aromatic N) is 2. The van der Waals surface area contributed by atoms with Gasteiger partial charge in [-0.15, -0.1) is 0 Å². The number of pyridine rings is 2. The summed E-state index contributed by atoms with van der Waals surface area (Å²) in [5.41, 5.74) is 9.29. The average Bonchev–Trinajstić information content (AvgIpc) is 2.84. The van der Waals surface area contributed by atoms with E-state index in [1.165, 1.54) is 18.5 Å². The number of anilines is 1. The van der Waals surface area contributed by atoms with Crippen molar-refractivity contribution >= 4 is 17.5 Å². The van der Waals surface area contributed by atoms with Crippen LogP contribution in [0.3, 0.4) is 0 Å². The normalized spacial score (nSPS) is 10.4. The average molecular weight is 424 g/mol. The van der Waals surface area contributed by atoms with Crippen LogP contribution in [0.15, 0.2) is 91.4 Å². The largest absolute Gasteiger partial charge is 0.487 e. The predicted molar refractivity (Wildman–Crippen MR) is 121 cm³/mol. The molecular formula is C25H20N4O3. The van der Waals surface area contributed by atoms with E-state index < -0.39 is 5.91 Å². The Hall–Kier alpha value is -4.52. The fourth-order valence-electron chi connectivity index (χ4n) is 3.06. The molecule has 0 aliphatic carbocycles. The molecule has 0 aliphatic heterocycles. The highest BCUT2D eigenvalue weighted by Gasteiger charge is 2.09. The smallest absolute Gasteiger partial charge is 0.274 e. The molecule has 2 heterocycles. The molecule has 4 aromatic rings. The van der Waals surface area contributed by atoms with E-state index >= 15 is 0 Å². The van der Waals surface area contributed by atoms with E-state index in [9.17, 15) is 9.59 Å². The Bertz CT molecular complexity index is 1240. The Morgan fingerprint density at radius 1 is 0.875 bits per heavy atom. The van der Waals surface area contributed by atoms with Crippen molar-refractivity contribution in [2.45, 2.75) is 6.61 Å². The highest BCUT2D eigenvalue weighted by molar-refractivity contribution is 6.03. The number of ether oxygens (including phenoxy) is 1. The molecular weight excluding hydrogens is 404 g/mol. The number of hydrogen-bond donors (Lipinski definition) is 2. The lowest BCUT2D eigenvalue weighted by Gasteiger charge is -2.09. The quantitative estimate of drug-likeness (QED) is 0.465. The zero-order chi connectivity index (χ0) is 22.3. The number of amides is 2. The van der Waals surface area contributed by atoms with Gasteiger partial charge in [0.2, 0.25) is 5.91 Å². The second-order valence-corrected chi connectivity index (χ2v) is 7.01. The van der Waals surface area contributed by atoms with Gasteiger partial charge in [0.05, 0.1) is 11.8 Å². The van der Waals surface area contributed by atoms with E-state index in [0.717, 1.165) is 16.7 Å². The molecule has 158 valence electrons. The lowest BCUT2D eigenvalue weighted by molar-refractivity contribution is 0.0996. The number of carbonyl (C=O) groups is 2.